The van der Waals surface area contributed by atoms with Crippen LogP contribution in [0.25, 0.3) is 0 Å². The van der Waals surface area contributed by atoms with Crippen LogP contribution in [0, 0.1) is 0 Å². The summed E-state index contributed by atoms with van der Waals surface area (Å²) in [5.41, 5.74) is 6.76. The van der Waals surface area contributed by atoms with Crippen molar-refractivity contribution in [2.75, 3.05) is 11.4 Å². The van der Waals surface area contributed by atoms with Gasteiger partial charge >= 0.3 is 16.3 Å². The molecule has 0 atom stereocenters. The van der Waals surface area contributed by atoms with E-state index in [0.717, 1.165) is 9.87 Å². The summed E-state index contributed by atoms with van der Waals surface area (Å²) in [6, 6.07) is 6.64. The zero-order valence-corrected chi connectivity index (χ0v) is 12.5. The Balaban J connectivity index is 2.82. The van der Waals surface area contributed by atoms with Crippen molar-refractivity contribution >= 4 is 22.0 Å². The molecule has 0 aliphatic carbocycles. The lowest BCUT2D eigenvalue weighted by atomic mass is 10.2. The molecule has 8 heteroatoms. The Kier molecular flexibility index (Phi) is 5.34. The topological polar surface area (TPSA) is 102 Å². The highest BCUT2D eigenvalue weighted by molar-refractivity contribution is 7.91. The van der Waals surface area contributed by atoms with Gasteiger partial charge in [-0.05, 0) is 31.5 Å². The molecule has 0 heterocycles. The Labute approximate surface area is 118 Å². The van der Waals surface area contributed by atoms with Crippen LogP contribution in [-0.2, 0) is 21.5 Å². The quantitative estimate of drug-likeness (QED) is 0.843. The van der Waals surface area contributed by atoms with E-state index in [1.807, 2.05) is 4.72 Å². The third-order valence-corrected chi connectivity index (χ3v) is 3.81. The van der Waals surface area contributed by atoms with Gasteiger partial charge in [-0.1, -0.05) is 12.1 Å². The minimum atomic E-state index is -4.00. The number of carbonyl (C=O) groups is 1. The first-order chi connectivity index (χ1) is 9.26. The molecule has 0 unspecified atom stereocenters. The van der Waals surface area contributed by atoms with Crippen LogP contribution < -0.4 is 14.8 Å². The number of nitrogens with zero attached hydrogens (tertiary/aromatic N) is 1. The van der Waals surface area contributed by atoms with Crippen LogP contribution in [0.15, 0.2) is 24.3 Å². The number of nitrogens with two attached hydrogens (primary N) is 1. The van der Waals surface area contributed by atoms with Crippen molar-refractivity contribution in [2.24, 2.45) is 5.73 Å². The van der Waals surface area contributed by atoms with Crippen molar-refractivity contribution in [3.63, 3.8) is 0 Å². The Morgan fingerprint density at radius 1 is 1.35 bits per heavy atom. The zero-order chi connectivity index (χ0) is 15.3. The minimum absolute atomic E-state index is 0.371. The zero-order valence-electron chi connectivity index (χ0n) is 11.7. The van der Waals surface area contributed by atoms with E-state index in [1.165, 1.54) is 7.05 Å². The lowest BCUT2D eigenvalue weighted by Gasteiger charge is -2.20. The fraction of sp³-hybridized carbons (Fsp3) is 0.417. The predicted octanol–water partition coefficient (Wildman–Crippen LogP) is 0.961. The number of ether oxygens (including phenoxy) is 1. The highest BCUT2D eigenvalue weighted by atomic mass is 32.2. The molecule has 0 aliphatic heterocycles. The molecule has 1 amide bonds. The number of hydrogen-bond donors (Lipinski definition) is 2. The fourth-order valence-electron chi connectivity index (χ4n) is 1.39. The van der Waals surface area contributed by atoms with Crippen molar-refractivity contribution < 1.29 is 17.9 Å². The molecular formula is C12H19N3O4S. The van der Waals surface area contributed by atoms with Crippen LogP contribution in [0.3, 0.4) is 0 Å². The maximum Gasteiger partial charge on any atom is 0.422 e. The molecule has 0 fully saturated rings. The molecule has 0 spiro atoms. The molecule has 0 aliphatic rings. The Morgan fingerprint density at radius 2 is 1.90 bits per heavy atom. The Bertz CT molecular complexity index is 555. The number of hydrogen-bond acceptors (Lipinski definition) is 5. The van der Waals surface area contributed by atoms with Gasteiger partial charge in [-0.2, -0.15) is 8.42 Å². The second-order valence-corrected chi connectivity index (χ2v) is 6.10. The van der Waals surface area contributed by atoms with Gasteiger partial charge in [0, 0.05) is 13.6 Å². The van der Waals surface area contributed by atoms with Crippen LogP contribution >= 0.6 is 0 Å². The lowest BCUT2D eigenvalue weighted by Crippen LogP contribution is -2.42. The second-order valence-electron chi connectivity index (χ2n) is 4.40. The molecule has 3 N–H and O–H groups in total. The summed E-state index contributed by atoms with van der Waals surface area (Å²) in [5, 5.41) is 0. The Hall–Kier alpha value is -1.80. The summed E-state index contributed by atoms with van der Waals surface area (Å²) < 4.78 is 31.4. The monoisotopic (exact) mass is 301 g/mol. The smallest absolute Gasteiger partial charge is 0.422 e. The number of carbonyl (C=O) groups excluding carboxylic acids is 1. The van der Waals surface area contributed by atoms with E-state index >= 15 is 0 Å². The van der Waals surface area contributed by atoms with Gasteiger partial charge in [0.1, 0.15) is 0 Å². The van der Waals surface area contributed by atoms with Crippen molar-refractivity contribution in [2.45, 2.75) is 26.5 Å². The van der Waals surface area contributed by atoms with Crippen molar-refractivity contribution in [3.05, 3.63) is 29.8 Å². The van der Waals surface area contributed by atoms with E-state index in [1.54, 1.807) is 38.1 Å². The van der Waals surface area contributed by atoms with E-state index in [4.69, 9.17) is 10.5 Å². The summed E-state index contributed by atoms with van der Waals surface area (Å²) in [6.45, 7) is 3.62. The molecule has 1 rings (SSSR count). The molecule has 0 bridgehead atoms. The van der Waals surface area contributed by atoms with Gasteiger partial charge < -0.3 is 10.5 Å². The maximum absolute atomic E-state index is 12.0. The van der Waals surface area contributed by atoms with Crippen molar-refractivity contribution in [1.29, 1.82) is 0 Å². The third-order valence-electron chi connectivity index (χ3n) is 2.45. The highest BCUT2D eigenvalue weighted by Crippen LogP contribution is 2.16. The fourth-order valence-corrected chi connectivity index (χ4v) is 2.19. The third kappa shape index (κ3) is 4.39. The molecule has 1 aromatic carbocycles. The van der Waals surface area contributed by atoms with Gasteiger partial charge in [0.25, 0.3) is 0 Å². The summed E-state index contributed by atoms with van der Waals surface area (Å²) in [6.07, 6.45) is -1.41. The molecule has 0 radical (unpaired) electrons. The van der Waals surface area contributed by atoms with Gasteiger partial charge in [-0.3, -0.25) is 4.31 Å². The lowest BCUT2D eigenvalue weighted by molar-refractivity contribution is 0.121. The molecular weight excluding hydrogens is 282 g/mol. The van der Waals surface area contributed by atoms with Gasteiger partial charge in [-0.15, -0.1) is 0 Å². The van der Waals surface area contributed by atoms with Crippen molar-refractivity contribution in [1.82, 2.24) is 4.72 Å². The summed E-state index contributed by atoms with van der Waals surface area (Å²) in [5.74, 6) is 0. The molecule has 7 nitrogen and oxygen atoms in total. The van der Waals surface area contributed by atoms with Crippen LogP contribution in [0.5, 0.6) is 0 Å². The molecule has 20 heavy (non-hydrogen) atoms. The molecule has 1 aromatic rings. The largest absolute Gasteiger partial charge is 0.446 e. The number of benzene rings is 1. The van der Waals surface area contributed by atoms with Crippen LogP contribution in [0.4, 0.5) is 10.5 Å². The molecule has 0 saturated heterocycles. The summed E-state index contributed by atoms with van der Waals surface area (Å²) in [7, 11) is -2.66. The SMILES string of the molecule is CC(C)OC(=O)NS(=O)(=O)N(C)c1ccc(CN)cc1. The van der Waals surface area contributed by atoms with Gasteiger partial charge in [0.05, 0.1) is 11.8 Å². The first-order valence-electron chi connectivity index (χ1n) is 6.02. The van der Waals surface area contributed by atoms with Crippen LogP contribution in [0.1, 0.15) is 19.4 Å². The van der Waals surface area contributed by atoms with Gasteiger partial charge in [0.15, 0.2) is 0 Å². The minimum Gasteiger partial charge on any atom is -0.446 e. The second kappa shape index (κ2) is 6.58. The normalized spacial score (nSPS) is 11.2. The average molecular weight is 301 g/mol. The predicted molar refractivity (Wildman–Crippen MR) is 76.4 cm³/mol. The first-order valence-corrected chi connectivity index (χ1v) is 7.46. The first kappa shape index (κ1) is 16.3. The van der Waals surface area contributed by atoms with E-state index in [9.17, 15) is 13.2 Å². The van der Waals surface area contributed by atoms with Gasteiger partial charge in [0.2, 0.25) is 0 Å². The van der Waals surface area contributed by atoms with E-state index in [0.29, 0.717) is 12.2 Å². The standard InChI is InChI=1S/C12H19N3O4S/c1-9(2)19-12(16)14-20(17,18)15(3)11-6-4-10(8-13)5-7-11/h4-7,9H,8,13H2,1-3H3,(H,14,16). The number of anilines is 1. The average Bonchev–Trinajstić information content (AvgIpc) is 2.36. The van der Waals surface area contributed by atoms with Crippen LogP contribution in [-0.4, -0.2) is 27.7 Å². The maximum atomic E-state index is 12.0. The van der Waals surface area contributed by atoms with E-state index in [2.05, 4.69) is 0 Å². The van der Waals surface area contributed by atoms with Gasteiger partial charge in [-0.25, -0.2) is 9.52 Å². The Morgan fingerprint density at radius 3 is 2.35 bits per heavy atom. The number of nitrogens with one attached hydrogen (secondary N) is 1. The van der Waals surface area contributed by atoms with E-state index in [-0.39, 0.29) is 0 Å². The van der Waals surface area contributed by atoms with Crippen LogP contribution in [0.2, 0.25) is 0 Å². The molecule has 0 aromatic heterocycles. The van der Waals surface area contributed by atoms with Crippen molar-refractivity contribution in [3.8, 4) is 0 Å². The highest BCUT2D eigenvalue weighted by Gasteiger charge is 2.22. The number of amides is 1. The molecule has 112 valence electrons. The summed E-state index contributed by atoms with van der Waals surface area (Å²) in [4.78, 5) is 11.3. The number of rotatable bonds is 5. The summed E-state index contributed by atoms with van der Waals surface area (Å²) >= 11 is 0. The van der Waals surface area contributed by atoms with E-state index < -0.39 is 22.4 Å². The molecule has 0 saturated carbocycles.